The highest BCUT2D eigenvalue weighted by Crippen LogP contribution is 2.30. The molecule has 0 fully saturated rings. The minimum atomic E-state index is 0.698. The molecule has 0 unspecified atom stereocenters. The number of benzene rings is 1. The predicted octanol–water partition coefficient (Wildman–Crippen LogP) is 1.58. The molecule has 0 saturated carbocycles. The van der Waals surface area contributed by atoms with Gasteiger partial charge in [0.05, 0.1) is 16.4 Å². The molecule has 0 aliphatic heterocycles. The normalized spacial score (nSPS) is 10.2. The zero-order valence-corrected chi connectivity index (χ0v) is 9.30. The molecule has 1 aromatic carbocycles. The molecular weight excluding hydrogens is 198 g/mol. The maximum atomic E-state index is 6.06. The Bertz CT molecular complexity index is 281. The zero-order chi connectivity index (χ0) is 10.6. The smallest absolute Gasteiger partial charge is 0.0786 e. The van der Waals surface area contributed by atoms with E-state index in [9.17, 15) is 0 Å². The van der Waals surface area contributed by atoms with Crippen molar-refractivity contribution in [3.63, 3.8) is 0 Å². The van der Waals surface area contributed by atoms with Crippen molar-refractivity contribution in [1.82, 2.24) is 5.32 Å². The molecule has 0 heterocycles. The number of rotatable bonds is 4. The Kier molecular flexibility index (Phi) is 4.04. The van der Waals surface area contributed by atoms with Crippen LogP contribution in [0.2, 0.25) is 5.02 Å². The van der Waals surface area contributed by atoms with Crippen LogP contribution < -0.4 is 16.0 Å². The van der Waals surface area contributed by atoms with Gasteiger partial charge in [-0.05, 0) is 19.2 Å². The van der Waals surface area contributed by atoms with Gasteiger partial charge < -0.3 is 16.0 Å². The maximum absolute atomic E-state index is 6.06. The second-order valence-electron chi connectivity index (χ2n) is 3.20. The number of nitrogens with one attached hydrogen (secondary N) is 1. The fourth-order valence-electron chi connectivity index (χ4n) is 1.33. The third-order valence-electron chi connectivity index (χ3n) is 2.10. The van der Waals surface area contributed by atoms with Gasteiger partial charge in [0.2, 0.25) is 0 Å². The van der Waals surface area contributed by atoms with Crippen molar-refractivity contribution in [2.75, 3.05) is 37.8 Å². The van der Waals surface area contributed by atoms with Gasteiger partial charge in [-0.1, -0.05) is 17.7 Å². The minimum absolute atomic E-state index is 0.698. The van der Waals surface area contributed by atoms with E-state index in [0.29, 0.717) is 5.02 Å². The van der Waals surface area contributed by atoms with E-state index in [2.05, 4.69) is 5.32 Å². The highest BCUT2D eigenvalue weighted by atomic mass is 35.5. The monoisotopic (exact) mass is 213 g/mol. The van der Waals surface area contributed by atoms with Crippen LogP contribution in [0.15, 0.2) is 18.2 Å². The van der Waals surface area contributed by atoms with E-state index in [1.54, 1.807) is 0 Å². The second-order valence-corrected chi connectivity index (χ2v) is 3.61. The fraction of sp³-hybridized carbons (Fsp3) is 0.400. The molecule has 3 nitrogen and oxygen atoms in total. The van der Waals surface area contributed by atoms with Crippen LogP contribution in [0.3, 0.4) is 0 Å². The molecule has 0 radical (unpaired) electrons. The lowest BCUT2D eigenvalue weighted by atomic mass is 10.2. The number of halogens is 1. The summed E-state index contributed by atoms with van der Waals surface area (Å²) in [6.45, 7) is 1.78. The van der Waals surface area contributed by atoms with Crippen LogP contribution in [-0.2, 0) is 0 Å². The quantitative estimate of drug-likeness (QED) is 0.747. The molecule has 14 heavy (non-hydrogen) atoms. The Balaban J connectivity index is 2.82. The summed E-state index contributed by atoms with van der Waals surface area (Å²) in [5.41, 5.74) is 7.47. The number of nitrogens with zero attached hydrogens (tertiary/aromatic N) is 1. The van der Waals surface area contributed by atoms with E-state index < -0.39 is 0 Å². The molecule has 1 aromatic rings. The molecule has 78 valence electrons. The van der Waals surface area contributed by atoms with Crippen LogP contribution in [-0.4, -0.2) is 27.2 Å². The predicted molar refractivity (Wildman–Crippen MR) is 63.1 cm³/mol. The van der Waals surface area contributed by atoms with E-state index in [1.165, 1.54) is 0 Å². The third kappa shape index (κ3) is 2.53. The molecule has 0 saturated heterocycles. The van der Waals surface area contributed by atoms with Crippen molar-refractivity contribution < 1.29 is 0 Å². The van der Waals surface area contributed by atoms with E-state index in [0.717, 1.165) is 24.5 Å². The topological polar surface area (TPSA) is 41.3 Å². The summed E-state index contributed by atoms with van der Waals surface area (Å²) < 4.78 is 0. The second kappa shape index (κ2) is 5.08. The Morgan fingerprint density at radius 2 is 2.21 bits per heavy atom. The first-order valence-corrected chi connectivity index (χ1v) is 4.94. The van der Waals surface area contributed by atoms with Gasteiger partial charge in [-0.25, -0.2) is 0 Å². The Hall–Kier alpha value is -0.930. The largest absolute Gasteiger partial charge is 0.397 e. The molecule has 0 aliphatic rings. The van der Waals surface area contributed by atoms with Crippen molar-refractivity contribution in [3.8, 4) is 0 Å². The van der Waals surface area contributed by atoms with E-state index in [-0.39, 0.29) is 0 Å². The van der Waals surface area contributed by atoms with E-state index in [4.69, 9.17) is 17.3 Å². The summed E-state index contributed by atoms with van der Waals surface area (Å²) in [6.07, 6.45) is 0. The Morgan fingerprint density at radius 1 is 1.50 bits per heavy atom. The van der Waals surface area contributed by atoms with Gasteiger partial charge in [-0.15, -0.1) is 0 Å². The summed E-state index contributed by atoms with van der Waals surface area (Å²) >= 11 is 6.06. The lowest BCUT2D eigenvalue weighted by Gasteiger charge is -2.22. The van der Waals surface area contributed by atoms with Crippen molar-refractivity contribution in [2.24, 2.45) is 0 Å². The lowest BCUT2D eigenvalue weighted by Crippen LogP contribution is -2.27. The van der Waals surface area contributed by atoms with Gasteiger partial charge in [0, 0.05) is 20.1 Å². The standard InChI is InChI=1S/C10H16ClN3/c1-13-6-7-14(2)10-8(11)4-3-5-9(10)12/h3-5,13H,6-7,12H2,1-2H3. The molecule has 0 spiro atoms. The molecule has 4 heteroatoms. The number of anilines is 2. The van der Waals surface area contributed by atoms with Crippen LogP contribution in [0.5, 0.6) is 0 Å². The zero-order valence-electron chi connectivity index (χ0n) is 8.55. The third-order valence-corrected chi connectivity index (χ3v) is 2.40. The summed E-state index contributed by atoms with van der Waals surface area (Å²) in [5, 5.41) is 3.78. The van der Waals surface area contributed by atoms with Crippen LogP contribution in [0.25, 0.3) is 0 Å². The Morgan fingerprint density at radius 3 is 2.79 bits per heavy atom. The first-order valence-electron chi connectivity index (χ1n) is 4.56. The Labute approximate surface area is 89.8 Å². The van der Waals surface area contributed by atoms with Gasteiger partial charge in [0.1, 0.15) is 0 Å². The van der Waals surface area contributed by atoms with Gasteiger partial charge >= 0.3 is 0 Å². The molecule has 3 N–H and O–H groups in total. The SMILES string of the molecule is CNCCN(C)c1c(N)cccc1Cl. The summed E-state index contributed by atoms with van der Waals surface area (Å²) in [7, 11) is 3.90. The van der Waals surface area contributed by atoms with Crippen molar-refractivity contribution in [3.05, 3.63) is 23.2 Å². The highest BCUT2D eigenvalue weighted by Gasteiger charge is 2.08. The van der Waals surface area contributed by atoms with Gasteiger partial charge in [-0.3, -0.25) is 0 Å². The van der Waals surface area contributed by atoms with E-state index >= 15 is 0 Å². The van der Waals surface area contributed by atoms with Crippen LogP contribution in [0.4, 0.5) is 11.4 Å². The molecule has 0 aromatic heterocycles. The average Bonchev–Trinajstić information content (AvgIpc) is 2.14. The minimum Gasteiger partial charge on any atom is -0.397 e. The molecular formula is C10H16ClN3. The van der Waals surface area contributed by atoms with Crippen LogP contribution in [0.1, 0.15) is 0 Å². The first-order chi connectivity index (χ1) is 6.66. The van der Waals surface area contributed by atoms with Crippen LogP contribution in [0, 0.1) is 0 Å². The maximum Gasteiger partial charge on any atom is 0.0786 e. The number of nitrogens with two attached hydrogens (primary N) is 1. The first kappa shape index (κ1) is 11.1. The summed E-state index contributed by atoms with van der Waals surface area (Å²) in [6, 6.07) is 5.56. The van der Waals surface area contributed by atoms with Crippen molar-refractivity contribution in [2.45, 2.75) is 0 Å². The fourth-order valence-corrected chi connectivity index (χ4v) is 1.65. The number of hydrogen-bond acceptors (Lipinski definition) is 3. The summed E-state index contributed by atoms with van der Waals surface area (Å²) in [5.74, 6) is 0. The van der Waals surface area contributed by atoms with Crippen molar-refractivity contribution >= 4 is 23.0 Å². The van der Waals surface area contributed by atoms with Gasteiger partial charge in [-0.2, -0.15) is 0 Å². The summed E-state index contributed by atoms with van der Waals surface area (Å²) in [4.78, 5) is 2.05. The highest BCUT2D eigenvalue weighted by molar-refractivity contribution is 6.33. The molecule has 0 amide bonds. The number of likely N-dealkylation sites (N-methyl/N-ethyl adjacent to an activating group) is 2. The van der Waals surface area contributed by atoms with Gasteiger partial charge in [0.15, 0.2) is 0 Å². The number of para-hydroxylation sites is 1. The number of nitrogen functional groups attached to an aromatic ring is 1. The lowest BCUT2D eigenvalue weighted by molar-refractivity contribution is 0.768. The van der Waals surface area contributed by atoms with Crippen molar-refractivity contribution in [1.29, 1.82) is 0 Å². The number of hydrogen-bond donors (Lipinski definition) is 2. The van der Waals surface area contributed by atoms with E-state index in [1.807, 2.05) is 37.2 Å². The average molecular weight is 214 g/mol. The molecule has 0 aliphatic carbocycles. The molecule has 0 bridgehead atoms. The molecule has 0 atom stereocenters. The van der Waals surface area contributed by atoms with Gasteiger partial charge in [0.25, 0.3) is 0 Å². The molecule has 1 rings (SSSR count). The van der Waals surface area contributed by atoms with Crippen LogP contribution >= 0.6 is 11.6 Å².